The number of thiophene rings is 1. The number of anilines is 1. The van der Waals surface area contributed by atoms with Gasteiger partial charge in [0.2, 0.25) is 5.91 Å². The van der Waals surface area contributed by atoms with Crippen molar-refractivity contribution < 1.29 is 14.3 Å². The van der Waals surface area contributed by atoms with Gasteiger partial charge in [-0.05, 0) is 89.9 Å². The van der Waals surface area contributed by atoms with Gasteiger partial charge < -0.3 is 25.6 Å². The maximum Gasteiger partial charge on any atom is 0.410 e. The van der Waals surface area contributed by atoms with Gasteiger partial charge in [0.05, 0.1) is 16.9 Å². The Labute approximate surface area is 249 Å². The number of hydrogen-bond donors (Lipinski definition) is 3. The lowest BCUT2D eigenvalue weighted by atomic mass is 9.90. The van der Waals surface area contributed by atoms with Gasteiger partial charge in [-0.15, -0.1) is 22.7 Å². The quantitative estimate of drug-likeness (QED) is 0.341. The number of ether oxygens (including phenoxy) is 1. The number of rotatable bonds is 6. The molecule has 2 aliphatic heterocycles. The highest BCUT2D eigenvalue weighted by atomic mass is 32.1. The third-order valence-electron chi connectivity index (χ3n) is 8.50. The molecule has 2 unspecified atom stereocenters. The third-order valence-corrected chi connectivity index (χ3v) is 10.9. The molecule has 1 saturated heterocycles. The zero-order valence-electron chi connectivity index (χ0n) is 24.3. The first-order valence-corrected chi connectivity index (χ1v) is 16.4. The maximum atomic E-state index is 13.3. The van der Waals surface area contributed by atoms with Gasteiger partial charge in [0.1, 0.15) is 21.1 Å². The molecule has 3 aliphatic rings. The van der Waals surface area contributed by atoms with Crippen molar-refractivity contribution in [1.29, 1.82) is 0 Å². The topological polar surface area (TPSA) is 108 Å². The van der Waals surface area contributed by atoms with Crippen molar-refractivity contribution in [2.75, 3.05) is 31.5 Å². The molecule has 3 aromatic rings. The Kier molecular flexibility index (Phi) is 8.06. The van der Waals surface area contributed by atoms with E-state index in [1.165, 1.54) is 19.3 Å². The molecule has 0 spiro atoms. The van der Waals surface area contributed by atoms with Gasteiger partial charge in [-0.25, -0.2) is 9.78 Å². The lowest BCUT2D eigenvalue weighted by Gasteiger charge is -2.35. The van der Waals surface area contributed by atoms with Gasteiger partial charge in [0.15, 0.2) is 0 Å². The summed E-state index contributed by atoms with van der Waals surface area (Å²) in [4.78, 5) is 38.3. The van der Waals surface area contributed by atoms with Crippen LogP contribution < -0.4 is 16.0 Å². The number of carbonyl (C=O) groups excluding carboxylic acids is 2. The molecule has 3 aromatic heterocycles. The molecular weight excluding hydrogens is 557 g/mol. The molecule has 0 radical (unpaired) electrons. The number of piperidine rings is 1. The highest BCUT2D eigenvalue weighted by Crippen LogP contribution is 2.49. The summed E-state index contributed by atoms with van der Waals surface area (Å²) >= 11 is 3.17. The summed E-state index contributed by atoms with van der Waals surface area (Å²) in [7, 11) is 0. The molecule has 2 amide bonds. The fourth-order valence-corrected chi connectivity index (χ4v) is 8.95. The monoisotopic (exact) mass is 596 g/mol. The van der Waals surface area contributed by atoms with Crippen molar-refractivity contribution in [2.24, 2.45) is 11.8 Å². The number of pyridine rings is 1. The van der Waals surface area contributed by atoms with Crippen LogP contribution in [-0.2, 0) is 16.0 Å². The molecule has 1 saturated carbocycles. The van der Waals surface area contributed by atoms with Crippen molar-refractivity contribution in [1.82, 2.24) is 25.5 Å². The normalized spacial score (nSPS) is 24.2. The van der Waals surface area contributed by atoms with Crippen molar-refractivity contribution in [3.63, 3.8) is 0 Å². The van der Waals surface area contributed by atoms with Crippen molar-refractivity contribution in [2.45, 2.75) is 77.5 Å². The standard InChI is InChI=1S/C30H40N6O3S2/c1-17-26-21(8-12-36(17)29(38)39-30(2,3)4)25(27-34-22-16-32-10-6-23(22)40-27)28(41-26)35-24(37)7-11-33-20-13-18-5-9-31-15-19(18)14-20/h6,10,16-20,31,33H,5,7-9,11-15H2,1-4H3,(H,35,37)/t17-,18?,19?,20-/m1/s1. The second-order valence-corrected chi connectivity index (χ2v) is 14.6. The van der Waals surface area contributed by atoms with Crippen molar-refractivity contribution in [3.05, 3.63) is 28.9 Å². The van der Waals surface area contributed by atoms with Gasteiger partial charge >= 0.3 is 6.09 Å². The molecule has 41 heavy (non-hydrogen) atoms. The SMILES string of the molecule is C[C@@H]1c2sc(NC(=O)CCN[C@@H]3CC4CCNCC4C3)c(-c3nc4cnccc4s3)c2CCN1C(=O)OC(C)(C)C. The Hall–Kier alpha value is -2.60. The van der Waals surface area contributed by atoms with Gasteiger partial charge in [-0.1, -0.05) is 0 Å². The first-order chi connectivity index (χ1) is 19.7. The van der Waals surface area contributed by atoms with Gasteiger partial charge in [0, 0.05) is 42.2 Å². The van der Waals surface area contributed by atoms with E-state index in [0.717, 1.165) is 61.2 Å². The zero-order chi connectivity index (χ0) is 28.7. The van der Waals surface area contributed by atoms with Crippen molar-refractivity contribution in [3.8, 4) is 10.6 Å². The minimum absolute atomic E-state index is 0.00569. The van der Waals surface area contributed by atoms with Crippen LogP contribution in [-0.4, -0.2) is 64.7 Å². The first kappa shape index (κ1) is 28.5. The number of nitrogens with one attached hydrogen (secondary N) is 3. The molecule has 3 N–H and O–H groups in total. The van der Waals surface area contributed by atoms with Gasteiger partial charge in [-0.2, -0.15) is 0 Å². The number of fused-ring (bicyclic) bond motifs is 3. The number of amides is 2. The van der Waals surface area contributed by atoms with Crippen LogP contribution in [0.5, 0.6) is 0 Å². The van der Waals surface area contributed by atoms with E-state index in [1.807, 2.05) is 33.8 Å². The van der Waals surface area contributed by atoms with Crippen LogP contribution in [0.3, 0.4) is 0 Å². The van der Waals surface area contributed by atoms with E-state index in [9.17, 15) is 9.59 Å². The summed E-state index contributed by atoms with van der Waals surface area (Å²) in [5, 5.41) is 12.1. The summed E-state index contributed by atoms with van der Waals surface area (Å²) in [5.74, 6) is 1.57. The average Bonchev–Trinajstić information content (AvgIpc) is 3.62. The molecule has 5 heterocycles. The minimum Gasteiger partial charge on any atom is -0.444 e. The zero-order valence-corrected chi connectivity index (χ0v) is 25.9. The highest BCUT2D eigenvalue weighted by Gasteiger charge is 2.37. The minimum atomic E-state index is -0.562. The molecule has 11 heteroatoms. The summed E-state index contributed by atoms with van der Waals surface area (Å²) in [5.41, 5.74) is 2.42. The molecule has 1 aliphatic carbocycles. The number of carbonyl (C=O) groups is 2. The molecule has 0 aromatic carbocycles. The summed E-state index contributed by atoms with van der Waals surface area (Å²) in [6.07, 6.45) is 8.01. The predicted octanol–water partition coefficient (Wildman–Crippen LogP) is 5.58. The Morgan fingerprint density at radius 3 is 2.83 bits per heavy atom. The van der Waals surface area contributed by atoms with E-state index in [4.69, 9.17) is 9.72 Å². The molecule has 2 fully saturated rings. The van der Waals surface area contributed by atoms with Crippen molar-refractivity contribution >= 4 is 49.9 Å². The predicted molar refractivity (Wildman–Crippen MR) is 165 cm³/mol. The summed E-state index contributed by atoms with van der Waals surface area (Å²) < 4.78 is 6.76. The number of hydrogen-bond acceptors (Lipinski definition) is 9. The van der Waals surface area contributed by atoms with E-state index in [-0.39, 0.29) is 18.0 Å². The largest absolute Gasteiger partial charge is 0.444 e. The van der Waals surface area contributed by atoms with Crippen LogP contribution in [0, 0.1) is 11.8 Å². The Balaban J connectivity index is 1.20. The summed E-state index contributed by atoms with van der Waals surface area (Å²) in [6, 6.07) is 2.31. The van der Waals surface area contributed by atoms with E-state index in [0.29, 0.717) is 32.0 Å². The maximum absolute atomic E-state index is 13.3. The fourth-order valence-electron chi connectivity index (χ4n) is 6.54. The number of thiazole rings is 1. The number of nitrogens with zero attached hydrogens (tertiary/aromatic N) is 3. The second-order valence-electron chi connectivity index (χ2n) is 12.5. The van der Waals surface area contributed by atoms with Crippen LogP contribution in [0.1, 0.15) is 69.9 Å². The van der Waals surface area contributed by atoms with Gasteiger partial charge in [-0.3, -0.25) is 9.78 Å². The van der Waals surface area contributed by atoms with E-state index < -0.39 is 5.60 Å². The third kappa shape index (κ3) is 6.14. The first-order valence-electron chi connectivity index (χ1n) is 14.8. The van der Waals surface area contributed by atoms with Crippen LogP contribution >= 0.6 is 22.7 Å². The lowest BCUT2D eigenvalue weighted by molar-refractivity contribution is -0.116. The molecule has 6 rings (SSSR count). The Morgan fingerprint density at radius 1 is 1.22 bits per heavy atom. The molecule has 220 valence electrons. The summed E-state index contributed by atoms with van der Waals surface area (Å²) in [6.45, 7) is 11.2. The van der Waals surface area contributed by atoms with Gasteiger partial charge in [0.25, 0.3) is 0 Å². The molecule has 0 bridgehead atoms. The number of aromatic nitrogens is 2. The average molecular weight is 597 g/mol. The van der Waals surface area contributed by atoms with Crippen LogP contribution in [0.4, 0.5) is 9.80 Å². The smallest absolute Gasteiger partial charge is 0.410 e. The lowest BCUT2D eigenvalue weighted by Crippen LogP contribution is -2.41. The van der Waals surface area contributed by atoms with E-state index >= 15 is 0 Å². The van der Waals surface area contributed by atoms with Crippen LogP contribution in [0.15, 0.2) is 18.5 Å². The van der Waals surface area contributed by atoms with Crippen LogP contribution in [0.25, 0.3) is 20.8 Å². The molecule has 4 atom stereocenters. The molecule has 9 nitrogen and oxygen atoms in total. The Bertz CT molecular complexity index is 1380. The highest BCUT2D eigenvalue weighted by molar-refractivity contribution is 7.23. The second kappa shape index (κ2) is 11.6. The van der Waals surface area contributed by atoms with E-state index in [2.05, 4.69) is 20.9 Å². The van der Waals surface area contributed by atoms with Crippen LogP contribution in [0.2, 0.25) is 0 Å². The molecular formula is C30H40N6O3S2. The van der Waals surface area contributed by atoms with E-state index in [1.54, 1.807) is 40.0 Å². The fraction of sp³-hybridized carbons (Fsp3) is 0.600. The Morgan fingerprint density at radius 2 is 2.05 bits per heavy atom.